The molecule has 7 rings (SSSR count). The summed E-state index contributed by atoms with van der Waals surface area (Å²) in [6.45, 7) is 2.19. The molecule has 0 radical (unpaired) electrons. The number of nitrogens with zero attached hydrogens (tertiary/aromatic N) is 1. The first-order valence-electron chi connectivity index (χ1n) is 12.5. The lowest BCUT2D eigenvalue weighted by molar-refractivity contribution is 0.613. The molecule has 2 saturated heterocycles. The molecule has 2 fully saturated rings. The number of hydrogen-bond donors (Lipinski definition) is 4. The van der Waals surface area contributed by atoms with Crippen LogP contribution in [-0.4, -0.2) is 28.0 Å². The number of aromatic amines is 2. The van der Waals surface area contributed by atoms with Crippen molar-refractivity contribution in [2.24, 2.45) is 0 Å². The number of hydrogen-bond acceptors (Lipinski definition) is 3. The van der Waals surface area contributed by atoms with Gasteiger partial charge in [0.1, 0.15) is 5.82 Å². The molecule has 5 nitrogen and oxygen atoms in total. The monoisotopic (exact) mass is 447 g/mol. The summed E-state index contributed by atoms with van der Waals surface area (Å²) < 4.78 is 0. The third kappa shape index (κ3) is 3.52. The van der Waals surface area contributed by atoms with Gasteiger partial charge in [0.2, 0.25) is 0 Å². The van der Waals surface area contributed by atoms with Crippen LogP contribution in [0.15, 0.2) is 66.9 Å². The Morgan fingerprint density at radius 3 is 1.97 bits per heavy atom. The van der Waals surface area contributed by atoms with Crippen molar-refractivity contribution in [3.63, 3.8) is 0 Å². The number of H-pyrrole nitrogens is 2. The van der Waals surface area contributed by atoms with E-state index in [1.807, 2.05) is 6.20 Å². The van der Waals surface area contributed by atoms with Gasteiger partial charge in [0.15, 0.2) is 0 Å². The molecule has 2 aromatic heterocycles. The van der Waals surface area contributed by atoms with Gasteiger partial charge >= 0.3 is 0 Å². The van der Waals surface area contributed by atoms with Gasteiger partial charge in [-0.3, -0.25) is 0 Å². The first-order chi connectivity index (χ1) is 16.8. The minimum absolute atomic E-state index is 0.359. The minimum atomic E-state index is 0.359. The molecule has 3 aromatic carbocycles. The van der Waals surface area contributed by atoms with Crippen LogP contribution in [0.3, 0.4) is 0 Å². The zero-order valence-corrected chi connectivity index (χ0v) is 19.2. The molecular weight excluding hydrogens is 418 g/mol. The van der Waals surface area contributed by atoms with Crippen molar-refractivity contribution in [1.29, 1.82) is 0 Å². The Labute approximate surface area is 199 Å². The molecule has 0 bridgehead atoms. The second-order valence-electron chi connectivity index (χ2n) is 9.78. The van der Waals surface area contributed by atoms with Crippen LogP contribution in [0.5, 0.6) is 0 Å². The smallest absolute Gasteiger partial charge is 0.123 e. The van der Waals surface area contributed by atoms with E-state index < -0.39 is 0 Å². The van der Waals surface area contributed by atoms with Crippen molar-refractivity contribution in [2.75, 3.05) is 13.1 Å². The highest BCUT2D eigenvalue weighted by atomic mass is 15.0. The van der Waals surface area contributed by atoms with Gasteiger partial charge in [0.05, 0.1) is 17.9 Å². The van der Waals surface area contributed by atoms with Crippen LogP contribution < -0.4 is 10.6 Å². The lowest BCUT2D eigenvalue weighted by atomic mass is 9.99. The van der Waals surface area contributed by atoms with Gasteiger partial charge in [0, 0.05) is 23.0 Å². The molecule has 4 N–H and O–H groups in total. The number of imidazole rings is 1. The topological polar surface area (TPSA) is 68.5 Å². The summed E-state index contributed by atoms with van der Waals surface area (Å²) in [5, 5.41) is 12.1. The Bertz CT molecular complexity index is 1370. The highest BCUT2D eigenvalue weighted by Gasteiger charge is 2.20. The van der Waals surface area contributed by atoms with E-state index in [0.29, 0.717) is 12.1 Å². The van der Waals surface area contributed by atoms with Crippen LogP contribution in [0.2, 0.25) is 0 Å². The highest BCUT2D eigenvalue weighted by molar-refractivity contribution is 6.00. The number of nitrogens with one attached hydrogen (secondary N) is 4. The second kappa shape index (κ2) is 8.12. The maximum absolute atomic E-state index is 4.64. The Kier molecular flexibility index (Phi) is 4.78. The summed E-state index contributed by atoms with van der Waals surface area (Å²) in [5.74, 6) is 1.05. The zero-order chi connectivity index (χ0) is 22.5. The molecule has 2 unspecified atom stereocenters. The van der Waals surface area contributed by atoms with Crippen molar-refractivity contribution in [2.45, 2.75) is 37.8 Å². The molecule has 2 aliphatic rings. The second-order valence-corrected chi connectivity index (χ2v) is 9.78. The number of rotatable bonds is 4. The molecule has 5 heteroatoms. The van der Waals surface area contributed by atoms with Gasteiger partial charge in [-0.25, -0.2) is 4.98 Å². The molecule has 0 saturated carbocycles. The Balaban J connectivity index is 1.21. The van der Waals surface area contributed by atoms with Crippen LogP contribution >= 0.6 is 0 Å². The van der Waals surface area contributed by atoms with E-state index in [0.717, 1.165) is 31.0 Å². The number of fused-ring (bicyclic) bond motifs is 2. The Morgan fingerprint density at radius 1 is 0.618 bits per heavy atom. The number of benzene rings is 3. The minimum Gasteiger partial charge on any atom is -0.357 e. The fourth-order valence-electron chi connectivity index (χ4n) is 5.64. The predicted octanol–water partition coefficient (Wildman–Crippen LogP) is 6.23. The summed E-state index contributed by atoms with van der Waals surface area (Å²) >= 11 is 0. The SMILES string of the molecule is c1cc2cc3cc(-c4cnc(C5CCCN5)[nH]4)ccc3cc2cc1-c1ccc(C2CCCN2)[nH]1. The largest absolute Gasteiger partial charge is 0.357 e. The van der Waals surface area contributed by atoms with Crippen molar-refractivity contribution in [1.82, 2.24) is 25.6 Å². The van der Waals surface area contributed by atoms with Crippen molar-refractivity contribution in [3.05, 3.63) is 78.4 Å². The average molecular weight is 448 g/mol. The lowest BCUT2D eigenvalue weighted by Crippen LogP contribution is -2.14. The first-order valence-corrected chi connectivity index (χ1v) is 12.5. The summed E-state index contributed by atoms with van der Waals surface area (Å²) in [7, 11) is 0. The fraction of sp³-hybridized carbons (Fsp3) is 0.276. The van der Waals surface area contributed by atoms with E-state index >= 15 is 0 Å². The van der Waals surface area contributed by atoms with E-state index in [-0.39, 0.29) is 0 Å². The van der Waals surface area contributed by atoms with Gasteiger partial charge in [-0.05, 0) is 102 Å². The van der Waals surface area contributed by atoms with Crippen molar-refractivity contribution >= 4 is 21.5 Å². The van der Waals surface area contributed by atoms with Crippen LogP contribution in [0.4, 0.5) is 0 Å². The standard InChI is InChI=1S/C29H29N5/c1-3-25(30-11-1)26-10-9-24(33-26)20-7-5-18-14-23-16-21(8-6-19(23)13-22(18)15-20)28-17-32-29(34-28)27-4-2-12-31-27/h5-10,13-17,25,27,30-31,33H,1-4,11-12H2,(H,32,34). The molecular formula is C29H29N5. The van der Waals surface area contributed by atoms with Gasteiger partial charge in [0.25, 0.3) is 0 Å². The quantitative estimate of drug-likeness (QED) is 0.247. The number of aromatic nitrogens is 3. The van der Waals surface area contributed by atoms with Gasteiger partial charge in [-0.1, -0.05) is 24.3 Å². The van der Waals surface area contributed by atoms with Gasteiger partial charge in [-0.2, -0.15) is 0 Å². The maximum atomic E-state index is 4.64. The summed E-state index contributed by atoms with van der Waals surface area (Å²) in [5.41, 5.74) is 5.98. The van der Waals surface area contributed by atoms with Gasteiger partial charge in [-0.15, -0.1) is 0 Å². The Hall–Kier alpha value is -3.41. The molecule has 34 heavy (non-hydrogen) atoms. The highest BCUT2D eigenvalue weighted by Crippen LogP contribution is 2.32. The van der Waals surface area contributed by atoms with E-state index in [2.05, 4.69) is 86.2 Å². The molecule has 4 heterocycles. The summed E-state index contributed by atoms with van der Waals surface area (Å²) in [6.07, 6.45) is 6.80. The first kappa shape index (κ1) is 20.0. The van der Waals surface area contributed by atoms with E-state index in [1.54, 1.807) is 0 Å². The summed E-state index contributed by atoms with van der Waals surface area (Å²) in [4.78, 5) is 11.8. The molecule has 0 aliphatic carbocycles. The maximum Gasteiger partial charge on any atom is 0.123 e. The van der Waals surface area contributed by atoms with E-state index in [1.165, 1.54) is 63.3 Å². The molecule has 0 spiro atoms. The lowest BCUT2D eigenvalue weighted by Gasteiger charge is -2.09. The molecule has 2 aliphatic heterocycles. The molecule has 170 valence electrons. The third-order valence-corrected chi connectivity index (χ3v) is 7.55. The van der Waals surface area contributed by atoms with Crippen LogP contribution in [0.1, 0.15) is 49.3 Å². The van der Waals surface area contributed by atoms with E-state index in [9.17, 15) is 0 Å². The molecule has 0 amide bonds. The fourth-order valence-corrected chi connectivity index (χ4v) is 5.64. The molecule has 5 aromatic rings. The van der Waals surface area contributed by atoms with Crippen LogP contribution in [0, 0.1) is 0 Å². The van der Waals surface area contributed by atoms with Crippen LogP contribution in [0.25, 0.3) is 44.1 Å². The Morgan fingerprint density at radius 2 is 1.29 bits per heavy atom. The van der Waals surface area contributed by atoms with Crippen molar-refractivity contribution in [3.8, 4) is 22.5 Å². The third-order valence-electron chi connectivity index (χ3n) is 7.55. The summed E-state index contributed by atoms with van der Waals surface area (Å²) in [6, 6.07) is 23.3. The van der Waals surface area contributed by atoms with Gasteiger partial charge < -0.3 is 20.6 Å². The zero-order valence-electron chi connectivity index (χ0n) is 19.2. The van der Waals surface area contributed by atoms with E-state index in [4.69, 9.17) is 0 Å². The molecule has 2 atom stereocenters. The van der Waals surface area contributed by atoms with Crippen molar-refractivity contribution < 1.29 is 0 Å². The normalized spacial score (nSPS) is 20.6. The predicted molar refractivity (Wildman–Crippen MR) is 139 cm³/mol. The average Bonchev–Trinajstić information content (AvgIpc) is 3.68. The van der Waals surface area contributed by atoms with Crippen LogP contribution in [-0.2, 0) is 0 Å².